The summed E-state index contributed by atoms with van der Waals surface area (Å²) in [4.78, 5) is 20.4. The van der Waals surface area contributed by atoms with Crippen LogP contribution in [0.15, 0.2) is 18.2 Å². The van der Waals surface area contributed by atoms with E-state index in [1.54, 1.807) is 0 Å². The van der Waals surface area contributed by atoms with E-state index in [0.717, 1.165) is 64.7 Å². The highest BCUT2D eigenvalue weighted by atomic mass is 16.5. The number of rotatable bonds is 3. The lowest BCUT2D eigenvalue weighted by Crippen LogP contribution is -2.41. The molecule has 0 spiro atoms. The van der Waals surface area contributed by atoms with Crippen molar-refractivity contribution in [2.75, 3.05) is 44.3 Å². The summed E-state index contributed by atoms with van der Waals surface area (Å²) >= 11 is 0. The van der Waals surface area contributed by atoms with E-state index in [1.807, 2.05) is 0 Å². The molecule has 158 valence electrons. The number of carbonyl (C=O) groups excluding carboxylic acids is 1. The first-order valence-corrected chi connectivity index (χ1v) is 11.7. The van der Waals surface area contributed by atoms with Gasteiger partial charge in [-0.05, 0) is 75.3 Å². The SMILES string of the molecule is CC1CCCN1C1CCN(c2ccc3c(c2)CN(C(=O)C2CCOCC2)CC3)C1. The molecule has 1 amide bonds. The lowest BCUT2D eigenvalue weighted by Gasteiger charge is -2.34. The minimum atomic E-state index is 0.162. The molecule has 5 rings (SSSR count). The predicted molar refractivity (Wildman–Crippen MR) is 115 cm³/mol. The van der Waals surface area contributed by atoms with E-state index in [-0.39, 0.29) is 5.92 Å². The topological polar surface area (TPSA) is 36.0 Å². The number of hydrogen-bond donors (Lipinski definition) is 0. The second kappa shape index (κ2) is 8.27. The Balaban J connectivity index is 1.26. The standard InChI is InChI=1S/C24H35N3O2/c1-18-3-2-10-27(18)23-7-12-25(17-23)22-5-4-19-6-11-26(16-21(19)15-22)24(28)20-8-13-29-14-9-20/h4-5,15,18,20,23H,2-3,6-14,16-17H2,1H3. The number of likely N-dealkylation sites (tertiary alicyclic amines) is 1. The van der Waals surface area contributed by atoms with E-state index in [2.05, 4.69) is 39.8 Å². The zero-order valence-corrected chi connectivity index (χ0v) is 17.8. The maximum absolute atomic E-state index is 13.0. The molecule has 4 aliphatic heterocycles. The molecule has 1 aromatic carbocycles. The monoisotopic (exact) mass is 397 g/mol. The van der Waals surface area contributed by atoms with Crippen LogP contribution in [0.2, 0.25) is 0 Å². The van der Waals surface area contributed by atoms with Crippen LogP contribution in [0, 0.1) is 5.92 Å². The molecule has 0 saturated carbocycles. The molecular formula is C24H35N3O2. The Bertz CT molecular complexity index is 746. The molecular weight excluding hydrogens is 362 g/mol. The molecule has 1 aromatic rings. The quantitative estimate of drug-likeness (QED) is 0.785. The van der Waals surface area contributed by atoms with Gasteiger partial charge in [-0.1, -0.05) is 6.07 Å². The number of fused-ring (bicyclic) bond motifs is 1. The van der Waals surface area contributed by atoms with Crippen LogP contribution >= 0.6 is 0 Å². The lowest BCUT2D eigenvalue weighted by molar-refractivity contribution is -0.139. The summed E-state index contributed by atoms with van der Waals surface area (Å²) in [6.45, 7) is 9.06. The average molecular weight is 398 g/mol. The van der Waals surface area contributed by atoms with Gasteiger partial charge in [0.25, 0.3) is 0 Å². The summed E-state index contributed by atoms with van der Waals surface area (Å²) in [5, 5.41) is 0. The van der Waals surface area contributed by atoms with Gasteiger partial charge in [-0.2, -0.15) is 0 Å². The Kier molecular flexibility index (Phi) is 5.53. The first-order valence-electron chi connectivity index (χ1n) is 11.7. The minimum absolute atomic E-state index is 0.162. The van der Waals surface area contributed by atoms with Crippen LogP contribution in [0.4, 0.5) is 5.69 Å². The molecule has 3 fully saturated rings. The average Bonchev–Trinajstić information content (AvgIpc) is 3.42. The fourth-order valence-electron chi connectivity index (χ4n) is 5.88. The summed E-state index contributed by atoms with van der Waals surface area (Å²) in [6, 6.07) is 8.44. The van der Waals surface area contributed by atoms with Crippen molar-refractivity contribution < 1.29 is 9.53 Å². The van der Waals surface area contributed by atoms with Gasteiger partial charge >= 0.3 is 0 Å². The van der Waals surface area contributed by atoms with E-state index >= 15 is 0 Å². The van der Waals surface area contributed by atoms with E-state index in [4.69, 9.17) is 4.74 Å². The van der Waals surface area contributed by atoms with Gasteiger partial charge in [0.1, 0.15) is 0 Å². The van der Waals surface area contributed by atoms with Gasteiger partial charge in [-0.3, -0.25) is 9.69 Å². The fraction of sp³-hybridized carbons (Fsp3) is 0.708. The zero-order valence-electron chi connectivity index (χ0n) is 17.8. The van der Waals surface area contributed by atoms with Gasteiger partial charge in [0.2, 0.25) is 5.91 Å². The first kappa shape index (κ1) is 19.4. The van der Waals surface area contributed by atoms with Crippen molar-refractivity contribution in [1.82, 2.24) is 9.80 Å². The summed E-state index contributed by atoms with van der Waals surface area (Å²) in [7, 11) is 0. The number of carbonyl (C=O) groups is 1. The zero-order chi connectivity index (χ0) is 19.8. The normalized spacial score (nSPS) is 28.7. The van der Waals surface area contributed by atoms with Gasteiger partial charge in [0.15, 0.2) is 0 Å². The molecule has 0 aliphatic carbocycles. The summed E-state index contributed by atoms with van der Waals surface area (Å²) in [5.41, 5.74) is 4.12. The second-order valence-electron chi connectivity index (χ2n) is 9.47. The highest BCUT2D eigenvalue weighted by Crippen LogP contribution is 2.31. The Morgan fingerprint density at radius 1 is 1.03 bits per heavy atom. The number of benzene rings is 1. The van der Waals surface area contributed by atoms with E-state index in [1.165, 1.54) is 42.6 Å². The Hall–Kier alpha value is -1.59. The maximum Gasteiger partial charge on any atom is 0.226 e. The summed E-state index contributed by atoms with van der Waals surface area (Å²) < 4.78 is 5.44. The van der Waals surface area contributed by atoms with E-state index in [0.29, 0.717) is 11.9 Å². The van der Waals surface area contributed by atoms with Crippen molar-refractivity contribution >= 4 is 11.6 Å². The minimum Gasteiger partial charge on any atom is -0.381 e. The van der Waals surface area contributed by atoms with Crippen LogP contribution in [0.1, 0.15) is 50.2 Å². The second-order valence-corrected chi connectivity index (χ2v) is 9.47. The van der Waals surface area contributed by atoms with Crippen LogP contribution in [-0.2, 0) is 22.5 Å². The number of nitrogens with zero attached hydrogens (tertiary/aromatic N) is 3. The molecule has 5 heteroatoms. The van der Waals surface area contributed by atoms with E-state index in [9.17, 15) is 4.79 Å². The van der Waals surface area contributed by atoms with Gasteiger partial charge in [0.05, 0.1) is 0 Å². The fourth-order valence-corrected chi connectivity index (χ4v) is 5.88. The van der Waals surface area contributed by atoms with Crippen LogP contribution in [0.3, 0.4) is 0 Å². The first-order chi connectivity index (χ1) is 14.2. The van der Waals surface area contributed by atoms with Crippen LogP contribution in [0.25, 0.3) is 0 Å². The molecule has 0 bridgehead atoms. The smallest absolute Gasteiger partial charge is 0.226 e. The molecule has 29 heavy (non-hydrogen) atoms. The lowest BCUT2D eigenvalue weighted by atomic mass is 9.94. The molecule has 2 atom stereocenters. The van der Waals surface area contributed by atoms with E-state index < -0.39 is 0 Å². The third-order valence-corrected chi connectivity index (χ3v) is 7.69. The van der Waals surface area contributed by atoms with Crippen molar-refractivity contribution in [3.05, 3.63) is 29.3 Å². The maximum atomic E-state index is 13.0. The van der Waals surface area contributed by atoms with Crippen molar-refractivity contribution in [2.24, 2.45) is 5.92 Å². The van der Waals surface area contributed by atoms with Gasteiger partial charge in [0, 0.05) is 63.1 Å². The molecule has 0 N–H and O–H groups in total. The third-order valence-electron chi connectivity index (χ3n) is 7.69. The van der Waals surface area contributed by atoms with Crippen LogP contribution in [0.5, 0.6) is 0 Å². The van der Waals surface area contributed by atoms with Crippen molar-refractivity contribution in [3.8, 4) is 0 Å². The largest absolute Gasteiger partial charge is 0.381 e. The number of amides is 1. The predicted octanol–water partition coefficient (Wildman–Crippen LogP) is 3.06. The Labute approximate surface area is 175 Å². The summed E-state index contributed by atoms with van der Waals surface area (Å²) in [6.07, 6.45) is 6.73. The molecule has 3 saturated heterocycles. The Morgan fingerprint density at radius 3 is 2.69 bits per heavy atom. The van der Waals surface area contributed by atoms with Gasteiger partial charge < -0.3 is 14.5 Å². The molecule has 0 aromatic heterocycles. The number of ether oxygens (including phenoxy) is 1. The highest BCUT2D eigenvalue weighted by Gasteiger charge is 2.33. The van der Waals surface area contributed by atoms with Crippen molar-refractivity contribution in [2.45, 2.75) is 64.1 Å². The molecule has 2 unspecified atom stereocenters. The van der Waals surface area contributed by atoms with Crippen molar-refractivity contribution in [1.29, 1.82) is 0 Å². The third kappa shape index (κ3) is 3.91. The van der Waals surface area contributed by atoms with Crippen LogP contribution in [-0.4, -0.2) is 67.2 Å². The molecule has 4 heterocycles. The number of hydrogen-bond acceptors (Lipinski definition) is 4. The molecule has 5 nitrogen and oxygen atoms in total. The van der Waals surface area contributed by atoms with Crippen LogP contribution < -0.4 is 4.90 Å². The van der Waals surface area contributed by atoms with Crippen molar-refractivity contribution in [3.63, 3.8) is 0 Å². The molecule has 4 aliphatic rings. The van der Waals surface area contributed by atoms with Gasteiger partial charge in [-0.15, -0.1) is 0 Å². The highest BCUT2D eigenvalue weighted by molar-refractivity contribution is 5.79. The molecule has 0 radical (unpaired) electrons. The van der Waals surface area contributed by atoms with Gasteiger partial charge in [-0.25, -0.2) is 0 Å². The summed E-state index contributed by atoms with van der Waals surface area (Å²) in [5.74, 6) is 0.504. The number of anilines is 1. The Morgan fingerprint density at radius 2 is 1.90 bits per heavy atom.